The van der Waals surface area contributed by atoms with E-state index in [4.69, 9.17) is 4.74 Å². The van der Waals surface area contributed by atoms with E-state index >= 15 is 0 Å². The highest BCUT2D eigenvalue weighted by Gasteiger charge is 2.53. The second-order valence-electron chi connectivity index (χ2n) is 6.46. The summed E-state index contributed by atoms with van der Waals surface area (Å²) in [6, 6.07) is 2.46. The van der Waals surface area contributed by atoms with Crippen LogP contribution in [0.5, 0.6) is 0 Å². The van der Waals surface area contributed by atoms with Crippen LogP contribution >= 0.6 is 0 Å². The molecule has 1 aliphatic heterocycles. The SMILES string of the molecule is CC(C)C1CCC(C#N)(C2(O)CCCOC2)CC1. The number of hydrogen-bond donors (Lipinski definition) is 1. The van der Waals surface area contributed by atoms with Crippen LogP contribution in [0.1, 0.15) is 52.4 Å². The summed E-state index contributed by atoms with van der Waals surface area (Å²) in [4.78, 5) is 0. The molecule has 1 saturated carbocycles. The third-order valence-corrected chi connectivity index (χ3v) is 5.15. The van der Waals surface area contributed by atoms with Gasteiger partial charge in [-0.1, -0.05) is 13.8 Å². The zero-order valence-electron chi connectivity index (χ0n) is 11.6. The molecule has 1 unspecified atom stereocenters. The Morgan fingerprint density at radius 1 is 1.28 bits per heavy atom. The summed E-state index contributed by atoms with van der Waals surface area (Å²) in [6.07, 6.45) is 5.36. The van der Waals surface area contributed by atoms with E-state index in [1.807, 2.05) is 0 Å². The molecule has 0 radical (unpaired) electrons. The van der Waals surface area contributed by atoms with Crippen LogP contribution < -0.4 is 0 Å². The Bertz CT molecular complexity index is 318. The average Bonchev–Trinajstić information content (AvgIpc) is 2.39. The second-order valence-corrected chi connectivity index (χ2v) is 6.46. The van der Waals surface area contributed by atoms with Crippen LogP contribution in [0, 0.1) is 28.6 Å². The third-order valence-electron chi connectivity index (χ3n) is 5.15. The lowest BCUT2D eigenvalue weighted by molar-refractivity contribution is -0.155. The first-order valence-corrected chi connectivity index (χ1v) is 7.24. The monoisotopic (exact) mass is 251 g/mol. The van der Waals surface area contributed by atoms with Crippen molar-refractivity contribution in [1.29, 1.82) is 5.26 Å². The largest absolute Gasteiger partial charge is 0.386 e. The average molecular weight is 251 g/mol. The Morgan fingerprint density at radius 2 is 1.94 bits per heavy atom. The van der Waals surface area contributed by atoms with Crippen molar-refractivity contribution >= 4 is 0 Å². The van der Waals surface area contributed by atoms with Gasteiger partial charge in [0.15, 0.2) is 0 Å². The maximum Gasteiger partial charge on any atom is 0.107 e. The summed E-state index contributed by atoms with van der Waals surface area (Å²) in [5.41, 5.74) is -1.49. The molecule has 1 heterocycles. The van der Waals surface area contributed by atoms with Gasteiger partial charge in [-0.25, -0.2) is 0 Å². The van der Waals surface area contributed by atoms with Gasteiger partial charge in [0.25, 0.3) is 0 Å². The summed E-state index contributed by atoms with van der Waals surface area (Å²) >= 11 is 0. The molecule has 0 bridgehead atoms. The topological polar surface area (TPSA) is 53.2 Å². The van der Waals surface area contributed by atoms with Gasteiger partial charge in [0.1, 0.15) is 5.60 Å². The van der Waals surface area contributed by atoms with Crippen molar-refractivity contribution in [3.63, 3.8) is 0 Å². The van der Waals surface area contributed by atoms with E-state index in [2.05, 4.69) is 19.9 Å². The molecule has 3 heteroatoms. The second kappa shape index (κ2) is 5.19. The van der Waals surface area contributed by atoms with Crippen LogP contribution in [-0.2, 0) is 4.74 Å². The summed E-state index contributed by atoms with van der Waals surface area (Å²) in [7, 11) is 0. The molecule has 2 rings (SSSR count). The molecule has 0 amide bonds. The highest BCUT2D eigenvalue weighted by atomic mass is 16.5. The Balaban J connectivity index is 2.11. The molecule has 1 N–H and O–H groups in total. The molecule has 2 fully saturated rings. The molecular formula is C15H25NO2. The Labute approximate surface area is 110 Å². The lowest BCUT2D eigenvalue weighted by Crippen LogP contribution is -2.54. The van der Waals surface area contributed by atoms with Crippen LogP contribution in [0.4, 0.5) is 0 Å². The van der Waals surface area contributed by atoms with E-state index in [9.17, 15) is 10.4 Å². The van der Waals surface area contributed by atoms with Gasteiger partial charge in [-0.15, -0.1) is 0 Å². The van der Waals surface area contributed by atoms with Crippen LogP contribution in [-0.4, -0.2) is 23.9 Å². The first-order valence-electron chi connectivity index (χ1n) is 7.24. The summed E-state index contributed by atoms with van der Waals surface area (Å²) in [5.74, 6) is 1.39. The molecule has 0 aromatic rings. The smallest absolute Gasteiger partial charge is 0.107 e. The predicted molar refractivity (Wildman–Crippen MR) is 69.8 cm³/mol. The minimum absolute atomic E-state index is 0.340. The fourth-order valence-electron chi connectivity index (χ4n) is 3.64. The van der Waals surface area contributed by atoms with E-state index < -0.39 is 11.0 Å². The normalized spacial score (nSPS) is 41.6. The van der Waals surface area contributed by atoms with Gasteiger partial charge in [0, 0.05) is 6.61 Å². The molecule has 1 atom stereocenters. The third kappa shape index (κ3) is 2.29. The van der Waals surface area contributed by atoms with E-state index in [1.165, 1.54) is 0 Å². The summed E-state index contributed by atoms with van der Waals surface area (Å²) in [5, 5.41) is 20.4. The van der Waals surface area contributed by atoms with Gasteiger partial charge in [-0.3, -0.25) is 0 Å². The molecular weight excluding hydrogens is 226 g/mol. The molecule has 1 aliphatic carbocycles. The van der Waals surface area contributed by atoms with Crippen molar-refractivity contribution in [2.24, 2.45) is 17.3 Å². The van der Waals surface area contributed by atoms with E-state index in [0.717, 1.165) is 38.7 Å². The van der Waals surface area contributed by atoms with Crippen molar-refractivity contribution < 1.29 is 9.84 Å². The summed E-state index contributed by atoms with van der Waals surface area (Å²) < 4.78 is 5.44. The molecule has 2 aliphatic rings. The van der Waals surface area contributed by atoms with Crippen LogP contribution in [0.3, 0.4) is 0 Å². The predicted octanol–water partition coefficient (Wildman–Crippen LogP) is 2.88. The summed E-state index contributed by atoms with van der Waals surface area (Å²) in [6.45, 7) is 5.57. The highest BCUT2D eigenvalue weighted by molar-refractivity contribution is 5.13. The molecule has 102 valence electrons. The molecule has 3 nitrogen and oxygen atoms in total. The minimum Gasteiger partial charge on any atom is -0.386 e. The van der Waals surface area contributed by atoms with Crippen LogP contribution in [0.25, 0.3) is 0 Å². The first kappa shape index (κ1) is 13.8. The van der Waals surface area contributed by atoms with Gasteiger partial charge >= 0.3 is 0 Å². The minimum atomic E-state index is -0.915. The van der Waals surface area contributed by atoms with Gasteiger partial charge in [0.05, 0.1) is 18.1 Å². The lowest BCUT2D eigenvalue weighted by Gasteiger charge is -2.48. The molecule has 1 saturated heterocycles. The van der Waals surface area contributed by atoms with Gasteiger partial charge < -0.3 is 9.84 Å². The molecule has 0 aromatic heterocycles. The number of ether oxygens (including phenoxy) is 1. The number of nitrogens with zero attached hydrogens (tertiary/aromatic N) is 1. The molecule has 18 heavy (non-hydrogen) atoms. The highest BCUT2D eigenvalue weighted by Crippen LogP contribution is 2.50. The van der Waals surface area contributed by atoms with E-state index in [-0.39, 0.29) is 0 Å². The zero-order valence-corrected chi connectivity index (χ0v) is 11.6. The van der Waals surface area contributed by atoms with Crippen molar-refractivity contribution in [2.75, 3.05) is 13.2 Å². The number of nitriles is 1. The number of aliphatic hydroxyl groups is 1. The lowest BCUT2D eigenvalue weighted by atomic mass is 9.59. The number of rotatable bonds is 2. The Morgan fingerprint density at radius 3 is 2.39 bits per heavy atom. The molecule has 0 aromatic carbocycles. The Kier molecular flexibility index (Phi) is 3.99. The van der Waals surface area contributed by atoms with Crippen LogP contribution in [0.15, 0.2) is 0 Å². The standard InChI is InChI=1S/C15H25NO2/c1-12(2)13-4-7-14(10-16,8-5-13)15(17)6-3-9-18-11-15/h12-13,17H,3-9,11H2,1-2H3. The maximum absolute atomic E-state index is 10.8. The Hall–Kier alpha value is -0.590. The van der Waals surface area contributed by atoms with Crippen molar-refractivity contribution in [2.45, 2.75) is 58.0 Å². The van der Waals surface area contributed by atoms with Crippen LogP contribution in [0.2, 0.25) is 0 Å². The van der Waals surface area contributed by atoms with Crippen molar-refractivity contribution in [1.82, 2.24) is 0 Å². The molecule has 0 spiro atoms. The van der Waals surface area contributed by atoms with Gasteiger partial charge in [0.2, 0.25) is 0 Å². The van der Waals surface area contributed by atoms with Crippen molar-refractivity contribution in [3.05, 3.63) is 0 Å². The number of hydrogen-bond acceptors (Lipinski definition) is 3. The quantitative estimate of drug-likeness (QED) is 0.821. The first-order chi connectivity index (χ1) is 8.53. The fourth-order valence-corrected chi connectivity index (χ4v) is 3.64. The van der Waals surface area contributed by atoms with E-state index in [1.54, 1.807) is 0 Å². The van der Waals surface area contributed by atoms with E-state index in [0.29, 0.717) is 24.9 Å². The van der Waals surface area contributed by atoms with Crippen molar-refractivity contribution in [3.8, 4) is 6.07 Å². The maximum atomic E-state index is 10.8. The van der Waals surface area contributed by atoms with Gasteiger partial charge in [-0.05, 0) is 50.4 Å². The zero-order chi connectivity index (χ0) is 13.2. The van der Waals surface area contributed by atoms with Gasteiger partial charge in [-0.2, -0.15) is 5.26 Å². The fraction of sp³-hybridized carbons (Fsp3) is 0.933.